The fraction of sp³-hybridized carbons (Fsp3) is 0.368. The van der Waals surface area contributed by atoms with Gasteiger partial charge in [0.05, 0.1) is 40.6 Å². The van der Waals surface area contributed by atoms with Gasteiger partial charge in [-0.2, -0.15) is 5.10 Å². The molecule has 0 saturated heterocycles. The molecule has 3 aromatic heterocycles. The topological polar surface area (TPSA) is 102 Å². The minimum atomic E-state index is -1.02. The maximum atomic E-state index is 14.6. The Labute approximate surface area is 286 Å². The zero-order valence-electron chi connectivity index (χ0n) is 28.7. The van der Waals surface area contributed by atoms with Crippen LogP contribution in [0.5, 0.6) is 5.75 Å². The van der Waals surface area contributed by atoms with E-state index in [0.29, 0.717) is 61.1 Å². The number of benzene rings is 2. The molecule has 0 spiro atoms. The van der Waals surface area contributed by atoms with E-state index < -0.39 is 5.97 Å². The van der Waals surface area contributed by atoms with Crippen LogP contribution in [-0.2, 0) is 26.6 Å². The average molecular weight is 668 g/mol. The molecule has 48 heavy (non-hydrogen) atoms. The summed E-state index contributed by atoms with van der Waals surface area (Å²) in [5, 5.41) is 15.9. The van der Waals surface area contributed by atoms with E-state index in [2.05, 4.69) is 47.6 Å². The van der Waals surface area contributed by atoms with Gasteiger partial charge in [0, 0.05) is 48.0 Å². The first-order chi connectivity index (χ1) is 22.8. The fourth-order valence-corrected chi connectivity index (χ4v) is 7.31. The number of rotatable bonds is 9. The molecule has 1 aliphatic heterocycles. The first kappa shape index (κ1) is 33.3. The van der Waals surface area contributed by atoms with Gasteiger partial charge in [-0.1, -0.05) is 17.7 Å². The lowest BCUT2D eigenvalue weighted by atomic mass is 9.98. The van der Waals surface area contributed by atoms with E-state index in [9.17, 15) is 14.7 Å². The fourth-order valence-electron chi connectivity index (χ4n) is 7.06. The molecular weight excluding hydrogens is 626 g/mol. The number of aromatic nitrogens is 4. The molecule has 4 heterocycles. The van der Waals surface area contributed by atoms with Gasteiger partial charge in [-0.25, -0.2) is 4.79 Å². The van der Waals surface area contributed by atoms with E-state index in [-0.39, 0.29) is 18.0 Å². The van der Waals surface area contributed by atoms with Crippen LogP contribution in [0.3, 0.4) is 0 Å². The minimum absolute atomic E-state index is 0.105. The molecule has 1 amide bonds. The Morgan fingerprint density at radius 2 is 1.73 bits per heavy atom. The lowest BCUT2D eigenvalue weighted by Crippen LogP contribution is -2.31. The van der Waals surface area contributed by atoms with Crippen molar-refractivity contribution in [2.45, 2.75) is 73.9 Å². The van der Waals surface area contributed by atoms with Crippen LogP contribution in [-0.4, -0.2) is 54.4 Å². The van der Waals surface area contributed by atoms with E-state index in [1.807, 2.05) is 37.7 Å². The van der Waals surface area contributed by atoms with Crippen LogP contribution in [0.4, 0.5) is 0 Å². The molecule has 0 saturated carbocycles. The minimum Gasteiger partial charge on any atom is -0.494 e. The molecule has 9 nitrogen and oxygen atoms in total. The number of halogens is 1. The highest BCUT2D eigenvalue weighted by Crippen LogP contribution is 2.43. The largest absolute Gasteiger partial charge is 0.494 e. The number of amides is 1. The molecule has 10 heteroatoms. The zero-order chi connectivity index (χ0) is 34.4. The Bertz CT molecular complexity index is 2070. The summed E-state index contributed by atoms with van der Waals surface area (Å²) in [5.41, 5.74) is 11.2. The smallest absolute Gasteiger partial charge is 0.335 e. The van der Waals surface area contributed by atoms with Gasteiger partial charge in [0.2, 0.25) is 0 Å². The lowest BCUT2D eigenvalue weighted by Gasteiger charge is -2.21. The van der Waals surface area contributed by atoms with Crippen molar-refractivity contribution in [1.29, 1.82) is 0 Å². The van der Waals surface area contributed by atoms with Crippen molar-refractivity contribution in [2.75, 3.05) is 13.2 Å². The number of nitrogens with zero attached hydrogens (tertiary/aromatic N) is 5. The van der Waals surface area contributed by atoms with E-state index in [4.69, 9.17) is 16.3 Å². The summed E-state index contributed by atoms with van der Waals surface area (Å²) in [7, 11) is 1.93. The van der Waals surface area contributed by atoms with Crippen molar-refractivity contribution in [2.24, 2.45) is 7.05 Å². The van der Waals surface area contributed by atoms with Crippen LogP contribution in [0.2, 0.25) is 5.02 Å². The van der Waals surface area contributed by atoms with Gasteiger partial charge in [-0.3, -0.25) is 14.5 Å². The van der Waals surface area contributed by atoms with E-state index in [1.165, 1.54) is 16.7 Å². The molecule has 0 bridgehead atoms. The normalized spacial score (nSPS) is 13.2. The van der Waals surface area contributed by atoms with E-state index in [1.54, 1.807) is 24.0 Å². The third-order valence-electron chi connectivity index (χ3n) is 9.68. The number of aromatic carboxylic acids is 1. The quantitative estimate of drug-likeness (QED) is 0.162. The van der Waals surface area contributed by atoms with Crippen molar-refractivity contribution < 1.29 is 19.4 Å². The van der Waals surface area contributed by atoms with Crippen LogP contribution >= 0.6 is 11.6 Å². The highest BCUT2D eigenvalue weighted by Gasteiger charge is 2.32. The molecule has 250 valence electrons. The summed E-state index contributed by atoms with van der Waals surface area (Å²) in [4.78, 5) is 32.8. The lowest BCUT2D eigenvalue weighted by molar-refractivity contribution is 0.0696. The second-order valence-corrected chi connectivity index (χ2v) is 13.4. The first-order valence-corrected chi connectivity index (χ1v) is 16.8. The van der Waals surface area contributed by atoms with Gasteiger partial charge in [0.25, 0.3) is 5.91 Å². The van der Waals surface area contributed by atoms with Crippen LogP contribution in [0.25, 0.3) is 22.0 Å². The van der Waals surface area contributed by atoms with Crippen LogP contribution in [0.1, 0.15) is 78.7 Å². The second-order valence-electron chi connectivity index (χ2n) is 13.0. The number of carbonyl (C=O) groups excluding carboxylic acids is 1. The van der Waals surface area contributed by atoms with Gasteiger partial charge in [-0.15, -0.1) is 0 Å². The molecule has 1 aliphatic rings. The van der Waals surface area contributed by atoms with Gasteiger partial charge < -0.3 is 19.3 Å². The summed E-state index contributed by atoms with van der Waals surface area (Å²) in [6, 6.07) is 11.2. The maximum Gasteiger partial charge on any atom is 0.335 e. The van der Waals surface area contributed by atoms with Gasteiger partial charge in [0.15, 0.2) is 0 Å². The number of aryl methyl sites for hydroxylation is 7. The number of carboxylic acid groups (broad SMARTS) is 1. The molecule has 0 atom stereocenters. The first-order valence-electron chi connectivity index (χ1n) is 16.4. The number of ether oxygens (including phenoxy) is 1. The van der Waals surface area contributed by atoms with Crippen molar-refractivity contribution in [3.8, 4) is 16.9 Å². The Balaban J connectivity index is 1.43. The molecule has 0 fully saturated rings. The van der Waals surface area contributed by atoms with Gasteiger partial charge in [-0.05, 0) is 113 Å². The summed E-state index contributed by atoms with van der Waals surface area (Å²) in [6.45, 7) is 14.0. The molecule has 1 N–H and O–H groups in total. The third-order valence-corrected chi connectivity index (χ3v) is 10.00. The highest BCUT2D eigenvalue weighted by molar-refractivity contribution is 6.35. The predicted molar refractivity (Wildman–Crippen MR) is 188 cm³/mol. The van der Waals surface area contributed by atoms with Crippen molar-refractivity contribution in [3.05, 3.63) is 97.7 Å². The van der Waals surface area contributed by atoms with Gasteiger partial charge in [0.1, 0.15) is 11.4 Å². The Kier molecular flexibility index (Phi) is 9.09. The Morgan fingerprint density at radius 3 is 2.40 bits per heavy atom. The summed E-state index contributed by atoms with van der Waals surface area (Å²) < 4.78 is 10.2. The zero-order valence-corrected chi connectivity index (χ0v) is 29.5. The maximum absolute atomic E-state index is 14.6. The van der Waals surface area contributed by atoms with Crippen molar-refractivity contribution in [3.63, 3.8) is 0 Å². The molecular formula is C38H42ClN5O4. The molecule has 0 radical (unpaired) electrons. The monoisotopic (exact) mass is 667 g/mol. The predicted octanol–water partition coefficient (Wildman–Crippen LogP) is 7.70. The third kappa shape index (κ3) is 6.07. The number of fused-ring (bicyclic) bond motifs is 3. The Morgan fingerprint density at radius 1 is 1.00 bits per heavy atom. The number of carboxylic acids is 1. The SMILES string of the molecule is Cc1cc(C(=O)O)cc(CN2CCCn3c(c(CCCOc4cc(C)c(C)c(C)c4)c4ccc(Cl)c(-c5c(C)nn(C)c5C)c43)C2=O)n1. The van der Waals surface area contributed by atoms with E-state index >= 15 is 0 Å². The molecule has 5 aromatic rings. The standard InChI is InChI=1S/C38H42ClN5O4/c1-21-16-29(17-22(2)24(21)4)48-15-8-10-30-31-11-12-32(39)34(33-25(5)41-42(7)26(33)6)35(31)44-14-9-13-43(37(45)36(30)44)20-28-19-27(38(46)47)18-23(3)40-28/h11-12,16-19H,8-10,13-15,20H2,1-7H3,(H,46,47). The average Bonchev–Trinajstić information content (AvgIpc) is 3.41. The van der Waals surface area contributed by atoms with Crippen LogP contribution < -0.4 is 4.74 Å². The number of hydrogen-bond donors (Lipinski definition) is 1. The van der Waals surface area contributed by atoms with Crippen molar-refractivity contribution >= 4 is 34.4 Å². The van der Waals surface area contributed by atoms with Crippen LogP contribution in [0.15, 0.2) is 36.4 Å². The highest BCUT2D eigenvalue weighted by atomic mass is 35.5. The second kappa shape index (κ2) is 13.1. The van der Waals surface area contributed by atoms with Crippen molar-refractivity contribution in [1.82, 2.24) is 24.2 Å². The molecule has 0 aliphatic carbocycles. The molecule has 2 aromatic carbocycles. The van der Waals surface area contributed by atoms with E-state index in [0.717, 1.165) is 44.7 Å². The molecule has 0 unspecified atom stereocenters. The number of carbonyl (C=O) groups is 2. The number of hydrogen-bond acceptors (Lipinski definition) is 5. The van der Waals surface area contributed by atoms with Gasteiger partial charge >= 0.3 is 5.97 Å². The molecule has 6 rings (SSSR count). The van der Waals surface area contributed by atoms with Crippen LogP contribution in [0, 0.1) is 41.5 Å². The Hall–Kier alpha value is -4.63. The summed E-state index contributed by atoms with van der Waals surface area (Å²) >= 11 is 7.02. The summed E-state index contributed by atoms with van der Waals surface area (Å²) in [6.07, 6.45) is 2.04. The number of pyridine rings is 1. The summed E-state index contributed by atoms with van der Waals surface area (Å²) in [5.74, 6) is -0.275.